The van der Waals surface area contributed by atoms with Gasteiger partial charge in [0.1, 0.15) is 11.4 Å². The van der Waals surface area contributed by atoms with Crippen LogP contribution >= 0.6 is 0 Å². The van der Waals surface area contributed by atoms with Gasteiger partial charge in [-0.2, -0.15) is 5.10 Å². The first-order chi connectivity index (χ1) is 8.70. The number of aromatic nitrogens is 3. The lowest BCUT2D eigenvalue weighted by Gasteiger charge is -2.08. The molecule has 2 rings (SSSR count). The second-order valence-corrected chi connectivity index (χ2v) is 3.65. The summed E-state index contributed by atoms with van der Waals surface area (Å²) in [5, 5.41) is 7.07. The van der Waals surface area contributed by atoms with Gasteiger partial charge in [0.2, 0.25) is 0 Å². The Kier molecular flexibility index (Phi) is 3.57. The predicted octanol–water partition coefficient (Wildman–Crippen LogP) is 1.74. The van der Waals surface area contributed by atoms with E-state index in [9.17, 15) is 4.79 Å². The van der Waals surface area contributed by atoms with Crippen LogP contribution in [0.2, 0.25) is 0 Å². The Labute approximate surface area is 105 Å². The van der Waals surface area contributed by atoms with Gasteiger partial charge in [-0.1, -0.05) is 0 Å². The van der Waals surface area contributed by atoms with Crippen LogP contribution < -0.4 is 5.32 Å². The van der Waals surface area contributed by atoms with Crippen molar-refractivity contribution in [3.8, 4) is 0 Å². The summed E-state index contributed by atoms with van der Waals surface area (Å²) in [5.74, 6) is 0.0703. The summed E-state index contributed by atoms with van der Waals surface area (Å²) in [5.41, 5.74) is 1.17. The third-order valence-corrected chi connectivity index (χ3v) is 2.27. The Morgan fingerprint density at radius 2 is 2.39 bits per heavy atom. The van der Waals surface area contributed by atoms with E-state index in [-0.39, 0.29) is 0 Å². The SMILES string of the molecule is CCOC(=O)c1cccnc1Nc1cnn(C)c1. The lowest BCUT2D eigenvalue weighted by atomic mass is 10.2. The normalized spacial score (nSPS) is 10.1. The summed E-state index contributed by atoms with van der Waals surface area (Å²) in [7, 11) is 1.82. The number of esters is 1. The molecule has 0 saturated carbocycles. The largest absolute Gasteiger partial charge is 0.462 e. The van der Waals surface area contributed by atoms with Crippen molar-refractivity contribution < 1.29 is 9.53 Å². The smallest absolute Gasteiger partial charge is 0.341 e. The molecule has 0 saturated heterocycles. The van der Waals surface area contributed by atoms with Crippen molar-refractivity contribution in [3.05, 3.63) is 36.3 Å². The van der Waals surface area contributed by atoms with Crippen molar-refractivity contribution >= 4 is 17.5 Å². The Morgan fingerprint density at radius 3 is 3.06 bits per heavy atom. The number of nitrogens with one attached hydrogen (secondary N) is 1. The number of ether oxygens (including phenoxy) is 1. The zero-order valence-corrected chi connectivity index (χ0v) is 10.3. The molecule has 6 nitrogen and oxygen atoms in total. The van der Waals surface area contributed by atoms with Gasteiger partial charge in [0.25, 0.3) is 0 Å². The first kappa shape index (κ1) is 12.1. The van der Waals surface area contributed by atoms with Gasteiger partial charge in [-0.15, -0.1) is 0 Å². The number of pyridine rings is 1. The van der Waals surface area contributed by atoms with Gasteiger partial charge in [-0.25, -0.2) is 9.78 Å². The number of carbonyl (C=O) groups excluding carboxylic acids is 1. The summed E-state index contributed by atoms with van der Waals surface area (Å²) in [6.07, 6.45) is 5.06. The molecule has 0 aliphatic carbocycles. The zero-order valence-electron chi connectivity index (χ0n) is 10.3. The van der Waals surface area contributed by atoms with Gasteiger partial charge in [0, 0.05) is 19.4 Å². The van der Waals surface area contributed by atoms with Gasteiger partial charge in [0.05, 0.1) is 18.5 Å². The van der Waals surface area contributed by atoms with E-state index in [1.54, 1.807) is 42.3 Å². The highest BCUT2D eigenvalue weighted by Crippen LogP contribution is 2.18. The molecule has 94 valence electrons. The van der Waals surface area contributed by atoms with Crippen molar-refractivity contribution in [1.29, 1.82) is 0 Å². The minimum Gasteiger partial charge on any atom is -0.462 e. The van der Waals surface area contributed by atoms with Crippen LogP contribution in [0.4, 0.5) is 11.5 Å². The fraction of sp³-hybridized carbons (Fsp3) is 0.250. The number of carbonyl (C=O) groups is 1. The summed E-state index contributed by atoms with van der Waals surface area (Å²) in [6, 6.07) is 3.37. The molecule has 2 heterocycles. The third-order valence-electron chi connectivity index (χ3n) is 2.27. The van der Waals surface area contributed by atoms with Crippen molar-refractivity contribution in [1.82, 2.24) is 14.8 Å². The minimum absolute atomic E-state index is 0.333. The van der Waals surface area contributed by atoms with E-state index >= 15 is 0 Å². The molecule has 0 radical (unpaired) electrons. The van der Waals surface area contributed by atoms with E-state index in [1.165, 1.54) is 0 Å². The van der Waals surface area contributed by atoms with Crippen LogP contribution in [0.15, 0.2) is 30.7 Å². The number of hydrogen-bond acceptors (Lipinski definition) is 5. The van der Waals surface area contributed by atoms with E-state index in [2.05, 4.69) is 15.4 Å². The summed E-state index contributed by atoms with van der Waals surface area (Å²) in [6.45, 7) is 2.10. The van der Waals surface area contributed by atoms with Crippen molar-refractivity contribution in [3.63, 3.8) is 0 Å². The molecule has 0 spiro atoms. The topological polar surface area (TPSA) is 69.0 Å². The fourth-order valence-electron chi connectivity index (χ4n) is 1.50. The van der Waals surface area contributed by atoms with Crippen LogP contribution in [0.1, 0.15) is 17.3 Å². The van der Waals surface area contributed by atoms with Gasteiger partial charge in [0.15, 0.2) is 0 Å². The van der Waals surface area contributed by atoms with Crippen molar-refractivity contribution in [2.45, 2.75) is 6.92 Å². The van der Waals surface area contributed by atoms with Gasteiger partial charge >= 0.3 is 5.97 Å². The maximum Gasteiger partial charge on any atom is 0.341 e. The van der Waals surface area contributed by atoms with Gasteiger partial charge < -0.3 is 10.1 Å². The van der Waals surface area contributed by atoms with E-state index in [1.807, 2.05) is 7.05 Å². The second kappa shape index (κ2) is 5.31. The summed E-state index contributed by atoms with van der Waals surface area (Å²) >= 11 is 0. The number of rotatable bonds is 4. The Morgan fingerprint density at radius 1 is 1.56 bits per heavy atom. The molecule has 2 aromatic heterocycles. The number of aryl methyl sites for hydroxylation is 1. The maximum atomic E-state index is 11.7. The molecule has 2 aromatic rings. The molecule has 0 aromatic carbocycles. The Bertz CT molecular complexity index is 551. The second-order valence-electron chi connectivity index (χ2n) is 3.65. The first-order valence-electron chi connectivity index (χ1n) is 5.58. The highest BCUT2D eigenvalue weighted by molar-refractivity contribution is 5.95. The molecule has 1 N–H and O–H groups in total. The standard InChI is InChI=1S/C12H14N4O2/c1-3-18-12(17)10-5-4-6-13-11(10)15-9-7-14-16(2)8-9/h4-8H,3H2,1-2H3,(H,13,15). The molecular formula is C12H14N4O2. The van der Waals surface area contributed by atoms with Crippen LogP contribution in [0.5, 0.6) is 0 Å². The van der Waals surface area contributed by atoms with Gasteiger partial charge in [-0.05, 0) is 19.1 Å². The third kappa shape index (κ3) is 2.65. The lowest BCUT2D eigenvalue weighted by molar-refractivity contribution is 0.0527. The molecule has 6 heteroatoms. The van der Waals surface area contributed by atoms with Crippen molar-refractivity contribution in [2.24, 2.45) is 7.05 Å². The molecule has 0 aliphatic heterocycles. The van der Waals surface area contributed by atoms with Crippen LogP contribution in [-0.2, 0) is 11.8 Å². The van der Waals surface area contributed by atoms with Crippen LogP contribution in [-0.4, -0.2) is 27.3 Å². The molecule has 0 unspecified atom stereocenters. The molecule has 0 bridgehead atoms. The number of anilines is 2. The average Bonchev–Trinajstić information content (AvgIpc) is 2.76. The summed E-state index contributed by atoms with van der Waals surface area (Å²) < 4.78 is 6.63. The van der Waals surface area contributed by atoms with Gasteiger partial charge in [-0.3, -0.25) is 4.68 Å². The Balaban J connectivity index is 2.24. The first-order valence-corrected chi connectivity index (χ1v) is 5.58. The van der Waals surface area contributed by atoms with Crippen LogP contribution in [0, 0.1) is 0 Å². The molecule has 18 heavy (non-hydrogen) atoms. The maximum absolute atomic E-state index is 11.7. The minimum atomic E-state index is -0.392. The number of nitrogens with zero attached hydrogens (tertiary/aromatic N) is 3. The van der Waals surface area contributed by atoms with E-state index in [0.29, 0.717) is 18.0 Å². The molecule has 0 fully saturated rings. The lowest BCUT2D eigenvalue weighted by Crippen LogP contribution is -2.08. The molecule has 0 aliphatic rings. The quantitative estimate of drug-likeness (QED) is 0.832. The average molecular weight is 246 g/mol. The molecule has 0 atom stereocenters. The van der Waals surface area contributed by atoms with E-state index in [0.717, 1.165) is 5.69 Å². The predicted molar refractivity (Wildman–Crippen MR) is 66.7 cm³/mol. The van der Waals surface area contributed by atoms with E-state index in [4.69, 9.17) is 4.74 Å². The molecular weight excluding hydrogens is 232 g/mol. The van der Waals surface area contributed by atoms with Crippen LogP contribution in [0.3, 0.4) is 0 Å². The van der Waals surface area contributed by atoms with E-state index < -0.39 is 5.97 Å². The highest BCUT2D eigenvalue weighted by atomic mass is 16.5. The molecule has 0 amide bonds. The monoisotopic (exact) mass is 246 g/mol. The zero-order chi connectivity index (χ0) is 13.0. The highest BCUT2D eigenvalue weighted by Gasteiger charge is 2.13. The summed E-state index contributed by atoms with van der Waals surface area (Å²) in [4.78, 5) is 15.9. The van der Waals surface area contributed by atoms with Crippen molar-refractivity contribution in [2.75, 3.05) is 11.9 Å². The number of hydrogen-bond donors (Lipinski definition) is 1. The fourth-order valence-corrected chi connectivity index (χ4v) is 1.50. The van der Waals surface area contributed by atoms with Crippen LogP contribution in [0.25, 0.3) is 0 Å². The Hall–Kier alpha value is -2.37.